The van der Waals surface area contributed by atoms with Crippen LogP contribution in [0.25, 0.3) is 0 Å². The molecule has 0 aromatic carbocycles. The number of amides is 1. The first-order valence-electron chi connectivity index (χ1n) is 7.62. The van der Waals surface area contributed by atoms with E-state index in [1.807, 2.05) is 4.90 Å². The maximum atomic E-state index is 12.1. The standard InChI is InChI=1S/C15H27NO2/c1-12-9-10-16(11-14(12)17)15(18)8-7-13-5-3-2-4-6-13/h12-14,17H,2-11H2,1H3. The summed E-state index contributed by atoms with van der Waals surface area (Å²) in [6, 6.07) is 0. The second-order valence-electron chi connectivity index (χ2n) is 6.22. The van der Waals surface area contributed by atoms with Crippen molar-refractivity contribution in [2.75, 3.05) is 13.1 Å². The van der Waals surface area contributed by atoms with Gasteiger partial charge in [-0.2, -0.15) is 0 Å². The van der Waals surface area contributed by atoms with Crippen molar-refractivity contribution in [3.63, 3.8) is 0 Å². The molecule has 0 aromatic rings. The highest BCUT2D eigenvalue weighted by Gasteiger charge is 2.27. The highest BCUT2D eigenvalue weighted by Crippen LogP contribution is 2.28. The maximum absolute atomic E-state index is 12.1. The second-order valence-corrected chi connectivity index (χ2v) is 6.22. The first kappa shape index (κ1) is 13.9. The molecule has 1 heterocycles. The zero-order valence-corrected chi connectivity index (χ0v) is 11.6. The molecule has 1 N–H and O–H groups in total. The van der Waals surface area contributed by atoms with E-state index in [2.05, 4.69) is 6.92 Å². The monoisotopic (exact) mass is 253 g/mol. The Morgan fingerprint density at radius 3 is 2.61 bits per heavy atom. The fraction of sp³-hybridized carbons (Fsp3) is 0.933. The Kier molecular flexibility index (Phi) is 5.04. The molecule has 1 amide bonds. The van der Waals surface area contributed by atoms with E-state index in [1.54, 1.807) is 0 Å². The van der Waals surface area contributed by atoms with Crippen LogP contribution in [0.1, 0.15) is 58.3 Å². The number of aliphatic hydroxyl groups excluding tert-OH is 1. The molecule has 0 bridgehead atoms. The van der Waals surface area contributed by atoms with Crippen molar-refractivity contribution in [1.29, 1.82) is 0 Å². The van der Waals surface area contributed by atoms with Gasteiger partial charge in [0.1, 0.15) is 0 Å². The molecule has 2 unspecified atom stereocenters. The first-order valence-corrected chi connectivity index (χ1v) is 7.62. The van der Waals surface area contributed by atoms with Crippen molar-refractivity contribution >= 4 is 5.91 Å². The molecule has 18 heavy (non-hydrogen) atoms. The molecule has 3 heteroatoms. The lowest BCUT2D eigenvalue weighted by Gasteiger charge is -2.34. The third kappa shape index (κ3) is 3.71. The second kappa shape index (κ2) is 6.55. The molecule has 0 spiro atoms. The van der Waals surface area contributed by atoms with Crippen molar-refractivity contribution in [3.05, 3.63) is 0 Å². The maximum Gasteiger partial charge on any atom is 0.222 e. The lowest BCUT2D eigenvalue weighted by atomic mass is 9.86. The van der Waals surface area contributed by atoms with Crippen LogP contribution in [-0.2, 0) is 4.79 Å². The van der Waals surface area contributed by atoms with Gasteiger partial charge in [0.05, 0.1) is 6.10 Å². The van der Waals surface area contributed by atoms with Crippen LogP contribution in [0.15, 0.2) is 0 Å². The summed E-state index contributed by atoms with van der Waals surface area (Å²) in [7, 11) is 0. The predicted octanol–water partition coefficient (Wildman–Crippen LogP) is 2.58. The molecule has 2 rings (SSSR count). The average molecular weight is 253 g/mol. The van der Waals surface area contributed by atoms with Crippen LogP contribution in [-0.4, -0.2) is 35.1 Å². The van der Waals surface area contributed by atoms with Crippen molar-refractivity contribution < 1.29 is 9.90 Å². The van der Waals surface area contributed by atoms with E-state index in [9.17, 15) is 9.90 Å². The van der Waals surface area contributed by atoms with Gasteiger partial charge in [-0.25, -0.2) is 0 Å². The molecule has 1 saturated carbocycles. The van der Waals surface area contributed by atoms with Gasteiger partial charge in [-0.3, -0.25) is 4.79 Å². The first-order chi connectivity index (χ1) is 8.66. The van der Waals surface area contributed by atoms with Crippen molar-refractivity contribution in [2.24, 2.45) is 11.8 Å². The zero-order chi connectivity index (χ0) is 13.0. The Labute approximate surface area is 111 Å². The SMILES string of the molecule is CC1CCN(C(=O)CCC2CCCCC2)CC1O. The van der Waals surface area contributed by atoms with Gasteiger partial charge in [0.25, 0.3) is 0 Å². The summed E-state index contributed by atoms with van der Waals surface area (Å²) in [6.07, 6.45) is 9.05. The van der Waals surface area contributed by atoms with Crippen LogP contribution >= 0.6 is 0 Å². The predicted molar refractivity (Wildman–Crippen MR) is 72.2 cm³/mol. The van der Waals surface area contributed by atoms with Crippen molar-refractivity contribution in [2.45, 2.75) is 64.4 Å². The Hall–Kier alpha value is -0.570. The molecule has 0 radical (unpaired) electrons. The highest BCUT2D eigenvalue weighted by atomic mass is 16.3. The van der Waals surface area contributed by atoms with Crippen LogP contribution in [0, 0.1) is 11.8 Å². The third-order valence-corrected chi connectivity index (χ3v) is 4.76. The average Bonchev–Trinajstić information content (AvgIpc) is 2.40. The van der Waals surface area contributed by atoms with Crippen LogP contribution in [0.2, 0.25) is 0 Å². The van der Waals surface area contributed by atoms with Gasteiger partial charge in [0.2, 0.25) is 5.91 Å². The van der Waals surface area contributed by atoms with Crippen LogP contribution in [0.3, 0.4) is 0 Å². The minimum absolute atomic E-state index is 0.256. The number of carbonyl (C=O) groups excluding carboxylic acids is 1. The fourth-order valence-electron chi connectivity index (χ4n) is 3.24. The Morgan fingerprint density at radius 2 is 1.94 bits per heavy atom. The van der Waals surface area contributed by atoms with E-state index in [4.69, 9.17) is 0 Å². The topological polar surface area (TPSA) is 40.5 Å². The van der Waals surface area contributed by atoms with E-state index >= 15 is 0 Å². The summed E-state index contributed by atoms with van der Waals surface area (Å²) in [5.74, 6) is 1.37. The molecule has 1 aliphatic heterocycles. The lowest BCUT2D eigenvalue weighted by molar-refractivity contribution is -0.135. The number of hydrogen-bond acceptors (Lipinski definition) is 2. The molecular weight excluding hydrogens is 226 g/mol. The fourth-order valence-corrected chi connectivity index (χ4v) is 3.24. The molecule has 3 nitrogen and oxygen atoms in total. The zero-order valence-electron chi connectivity index (χ0n) is 11.6. The van der Waals surface area contributed by atoms with Gasteiger partial charge in [0.15, 0.2) is 0 Å². The van der Waals surface area contributed by atoms with Gasteiger partial charge in [-0.05, 0) is 24.7 Å². The quantitative estimate of drug-likeness (QED) is 0.840. The molecule has 2 atom stereocenters. The molecule has 2 aliphatic rings. The number of carbonyl (C=O) groups is 1. The van der Waals surface area contributed by atoms with E-state index in [1.165, 1.54) is 32.1 Å². The summed E-state index contributed by atoms with van der Waals surface area (Å²) in [4.78, 5) is 14.0. The Morgan fingerprint density at radius 1 is 1.22 bits per heavy atom. The molecule has 0 aromatic heterocycles. The van der Waals surface area contributed by atoms with Gasteiger partial charge in [-0.1, -0.05) is 39.0 Å². The normalized spacial score (nSPS) is 30.4. The van der Waals surface area contributed by atoms with Gasteiger partial charge >= 0.3 is 0 Å². The minimum atomic E-state index is -0.322. The third-order valence-electron chi connectivity index (χ3n) is 4.76. The number of likely N-dealkylation sites (tertiary alicyclic amines) is 1. The number of aliphatic hydroxyl groups is 1. The van der Waals surface area contributed by atoms with Crippen LogP contribution < -0.4 is 0 Å². The molecule has 104 valence electrons. The smallest absolute Gasteiger partial charge is 0.222 e. The number of rotatable bonds is 3. The molecule has 1 aliphatic carbocycles. The number of piperidine rings is 1. The number of hydrogen-bond donors (Lipinski definition) is 1. The van der Waals surface area contributed by atoms with Gasteiger partial charge in [-0.15, -0.1) is 0 Å². The molecule has 1 saturated heterocycles. The Balaban J connectivity index is 1.70. The number of nitrogens with zero attached hydrogens (tertiary/aromatic N) is 1. The van der Waals surface area contributed by atoms with Crippen molar-refractivity contribution in [1.82, 2.24) is 4.90 Å². The lowest BCUT2D eigenvalue weighted by Crippen LogP contribution is -2.45. The van der Waals surface area contributed by atoms with E-state index in [0.29, 0.717) is 18.9 Å². The van der Waals surface area contributed by atoms with Gasteiger partial charge < -0.3 is 10.0 Å². The van der Waals surface area contributed by atoms with Crippen LogP contribution in [0.4, 0.5) is 0 Å². The van der Waals surface area contributed by atoms with E-state index in [0.717, 1.165) is 25.3 Å². The summed E-state index contributed by atoms with van der Waals surface area (Å²) >= 11 is 0. The van der Waals surface area contributed by atoms with E-state index < -0.39 is 0 Å². The van der Waals surface area contributed by atoms with Crippen LogP contribution in [0.5, 0.6) is 0 Å². The molecule has 2 fully saturated rings. The number of β-amino-alcohol motifs (C(OH)–C–C–N with tert-alkyl or cyclic N) is 1. The summed E-state index contributed by atoms with van der Waals surface area (Å²) < 4.78 is 0. The van der Waals surface area contributed by atoms with E-state index in [-0.39, 0.29) is 12.0 Å². The summed E-state index contributed by atoms with van der Waals surface area (Å²) in [5.41, 5.74) is 0. The Bertz CT molecular complexity index is 274. The largest absolute Gasteiger partial charge is 0.391 e. The van der Waals surface area contributed by atoms with Gasteiger partial charge in [0, 0.05) is 19.5 Å². The molecular formula is C15H27NO2. The summed E-state index contributed by atoms with van der Waals surface area (Å²) in [5, 5.41) is 9.82. The minimum Gasteiger partial charge on any atom is -0.391 e. The summed E-state index contributed by atoms with van der Waals surface area (Å²) in [6.45, 7) is 3.45. The van der Waals surface area contributed by atoms with Crippen molar-refractivity contribution in [3.8, 4) is 0 Å². The highest BCUT2D eigenvalue weighted by molar-refractivity contribution is 5.76.